The minimum atomic E-state index is -0.993. The lowest BCUT2D eigenvalue weighted by Gasteiger charge is -2.35. The number of hydrazine groups is 1. The van der Waals surface area contributed by atoms with Gasteiger partial charge in [0.1, 0.15) is 0 Å². The van der Waals surface area contributed by atoms with Gasteiger partial charge in [0.05, 0.1) is 4.92 Å². The third-order valence-electron chi connectivity index (χ3n) is 4.72. The summed E-state index contributed by atoms with van der Waals surface area (Å²) in [5, 5.41) is 14.2. The molecular weight excluding hydrogens is 347 g/mol. The summed E-state index contributed by atoms with van der Waals surface area (Å²) in [5.41, 5.74) is 4.16. The van der Waals surface area contributed by atoms with Crippen LogP contribution in [0.1, 0.15) is 43.5 Å². The first kappa shape index (κ1) is 19.0. The summed E-state index contributed by atoms with van der Waals surface area (Å²) >= 11 is 5.18. The van der Waals surface area contributed by atoms with Crippen LogP contribution in [0.3, 0.4) is 0 Å². The summed E-state index contributed by atoms with van der Waals surface area (Å²) in [6.07, 6.45) is 3.32. The van der Waals surface area contributed by atoms with E-state index in [0.29, 0.717) is 11.8 Å². The Morgan fingerprint density at radius 3 is 2.72 bits per heavy atom. The van der Waals surface area contributed by atoms with Gasteiger partial charge in [-0.15, -0.1) is 0 Å². The van der Waals surface area contributed by atoms with Crippen molar-refractivity contribution in [2.45, 2.75) is 39.2 Å². The number of rotatable bonds is 3. The molecule has 2 rings (SSSR count). The third-order valence-corrected chi connectivity index (χ3v) is 4.94. The van der Waals surface area contributed by atoms with E-state index >= 15 is 0 Å². The lowest BCUT2D eigenvalue weighted by molar-refractivity contribution is -0.387. The van der Waals surface area contributed by atoms with Crippen LogP contribution in [-0.2, 0) is 0 Å². The molecule has 1 fully saturated rings. The fourth-order valence-electron chi connectivity index (χ4n) is 2.97. The molecule has 0 unspecified atom stereocenters. The number of hydrogen-bond donors (Lipinski definition) is 3. The van der Waals surface area contributed by atoms with Crippen molar-refractivity contribution in [3.63, 3.8) is 0 Å². The molecule has 136 valence electrons. The number of nitro groups is 1. The van der Waals surface area contributed by atoms with E-state index < -0.39 is 22.3 Å². The zero-order valence-corrected chi connectivity index (χ0v) is 14.9. The Bertz CT molecular complexity index is 685. The van der Waals surface area contributed by atoms with Gasteiger partial charge in [-0.2, -0.15) is 4.39 Å². The summed E-state index contributed by atoms with van der Waals surface area (Å²) in [5.74, 6) is -0.572. The molecule has 0 heterocycles. The van der Waals surface area contributed by atoms with Crippen molar-refractivity contribution in [3.05, 3.63) is 39.7 Å². The summed E-state index contributed by atoms with van der Waals surface area (Å²) in [6.45, 7) is 4.37. The molecule has 0 spiro atoms. The molecule has 0 radical (unpaired) electrons. The van der Waals surface area contributed by atoms with Crippen molar-refractivity contribution in [2.24, 2.45) is 11.8 Å². The van der Waals surface area contributed by atoms with Gasteiger partial charge < -0.3 is 5.32 Å². The molecule has 0 aliphatic heterocycles. The predicted octanol–water partition coefficient (Wildman–Crippen LogP) is 2.67. The fraction of sp³-hybridized carbons (Fsp3) is 0.500. The van der Waals surface area contributed by atoms with E-state index in [9.17, 15) is 19.3 Å². The van der Waals surface area contributed by atoms with Gasteiger partial charge in [-0.05, 0) is 42.6 Å². The highest BCUT2D eigenvalue weighted by Gasteiger charge is 2.27. The Kier molecular flexibility index (Phi) is 6.24. The van der Waals surface area contributed by atoms with Crippen LogP contribution in [0, 0.1) is 27.8 Å². The third kappa shape index (κ3) is 4.85. The van der Waals surface area contributed by atoms with Crippen LogP contribution < -0.4 is 16.2 Å². The number of carbonyl (C=O) groups excluding carboxylic acids is 1. The zero-order valence-electron chi connectivity index (χ0n) is 14.0. The number of halogens is 1. The van der Waals surface area contributed by atoms with Gasteiger partial charge >= 0.3 is 5.69 Å². The average molecular weight is 368 g/mol. The molecule has 25 heavy (non-hydrogen) atoms. The molecule has 1 amide bonds. The summed E-state index contributed by atoms with van der Waals surface area (Å²) < 4.78 is 13.3. The second-order valence-corrected chi connectivity index (χ2v) is 6.76. The maximum absolute atomic E-state index is 13.3. The number of nitrogens with zero attached hydrogens (tertiary/aromatic N) is 1. The van der Waals surface area contributed by atoms with Crippen LogP contribution in [-0.4, -0.2) is 22.0 Å². The highest BCUT2D eigenvalue weighted by atomic mass is 32.1. The molecule has 3 atom stereocenters. The van der Waals surface area contributed by atoms with Crippen molar-refractivity contribution < 1.29 is 14.1 Å². The first-order chi connectivity index (χ1) is 11.8. The first-order valence-corrected chi connectivity index (χ1v) is 8.51. The van der Waals surface area contributed by atoms with Gasteiger partial charge in [0.15, 0.2) is 5.11 Å². The van der Waals surface area contributed by atoms with Gasteiger partial charge in [0.25, 0.3) is 5.91 Å². The topological polar surface area (TPSA) is 96.3 Å². The minimum Gasteiger partial charge on any atom is -0.358 e. The number of nitro benzene ring substituents is 1. The van der Waals surface area contributed by atoms with Crippen LogP contribution in [0.4, 0.5) is 10.1 Å². The number of benzene rings is 1. The van der Waals surface area contributed by atoms with Gasteiger partial charge in [-0.1, -0.05) is 26.7 Å². The van der Waals surface area contributed by atoms with Crippen LogP contribution in [0.25, 0.3) is 0 Å². The molecule has 1 aliphatic carbocycles. The van der Waals surface area contributed by atoms with E-state index in [1.165, 1.54) is 12.5 Å². The van der Waals surface area contributed by atoms with Gasteiger partial charge in [0.2, 0.25) is 5.82 Å². The number of nitrogens with one attached hydrogen (secondary N) is 3. The van der Waals surface area contributed by atoms with Gasteiger partial charge in [-0.25, -0.2) is 0 Å². The first-order valence-electron chi connectivity index (χ1n) is 8.10. The Morgan fingerprint density at radius 2 is 2.04 bits per heavy atom. The van der Waals surface area contributed by atoms with E-state index in [4.69, 9.17) is 12.2 Å². The number of thiocarbonyl (C=S) groups is 1. The summed E-state index contributed by atoms with van der Waals surface area (Å²) in [6, 6.07) is 3.16. The standard InChI is InChI=1S/C16H21FN4O3S/c1-9-4-3-5-13(10(9)2)18-16(25)20-19-15(22)11-6-7-12(17)14(8-11)21(23)24/h6-10,13H,3-5H2,1-2H3,(H,19,22)(H2,18,20,25)/t9-,10-,13-/m1/s1. The minimum absolute atomic E-state index is 0.0388. The maximum Gasteiger partial charge on any atom is 0.305 e. The lowest BCUT2D eigenvalue weighted by Crippen LogP contribution is -2.52. The average Bonchev–Trinajstić information content (AvgIpc) is 2.57. The molecular formula is C16H21FN4O3S. The van der Waals surface area contributed by atoms with Crippen LogP contribution in [0.2, 0.25) is 0 Å². The number of carbonyl (C=O) groups is 1. The largest absolute Gasteiger partial charge is 0.358 e. The molecule has 3 N–H and O–H groups in total. The van der Waals surface area contributed by atoms with Crippen LogP contribution >= 0.6 is 12.2 Å². The highest BCUT2D eigenvalue weighted by Crippen LogP contribution is 2.29. The number of amides is 1. The normalized spacial score (nSPS) is 22.8. The van der Waals surface area contributed by atoms with Crippen molar-refractivity contribution in [3.8, 4) is 0 Å². The Balaban J connectivity index is 1.90. The molecule has 0 bridgehead atoms. The van der Waals surface area contributed by atoms with E-state index in [1.54, 1.807) is 0 Å². The van der Waals surface area contributed by atoms with Gasteiger partial charge in [-0.3, -0.25) is 25.8 Å². The quantitative estimate of drug-likeness (QED) is 0.431. The Hall–Kier alpha value is -2.29. The highest BCUT2D eigenvalue weighted by molar-refractivity contribution is 7.80. The Morgan fingerprint density at radius 1 is 1.32 bits per heavy atom. The molecule has 7 nitrogen and oxygen atoms in total. The zero-order chi connectivity index (χ0) is 18.6. The lowest BCUT2D eigenvalue weighted by atomic mass is 9.78. The second-order valence-electron chi connectivity index (χ2n) is 6.35. The summed E-state index contributed by atoms with van der Waals surface area (Å²) in [4.78, 5) is 21.9. The smallest absolute Gasteiger partial charge is 0.305 e. The van der Waals surface area contributed by atoms with E-state index in [0.717, 1.165) is 25.0 Å². The van der Waals surface area contributed by atoms with E-state index in [-0.39, 0.29) is 16.7 Å². The summed E-state index contributed by atoms with van der Waals surface area (Å²) in [7, 11) is 0. The Labute approximate surface area is 150 Å². The molecule has 1 aromatic rings. The monoisotopic (exact) mass is 368 g/mol. The maximum atomic E-state index is 13.3. The van der Waals surface area contributed by atoms with E-state index in [1.807, 2.05) is 0 Å². The van der Waals surface area contributed by atoms with E-state index in [2.05, 4.69) is 30.0 Å². The van der Waals surface area contributed by atoms with Crippen molar-refractivity contribution >= 4 is 28.9 Å². The predicted molar refractivity (Wildman–Crippen MR) is 95.4 cm³/mol. The molecule has 0 aromatic heterocycles. The molecule has 0 saturated heterocycles. The molecule has 1 saturated carbocycles. The van der Waals surface area contributed by atoms with Gasteiger partial charge in [0, 0.05) is 17.7 Å². The molecule has 9 heteroatoms. The molecule has 1 aliphatic rings. The van der Waals surface area contributed by atoms with Crippen molar-refractivity contribution in [2.75, 3.05) is 0 Å². The fourth-order valence-corrected chi connectivity index (χ4v) is 3.17. The number of hydrogen-bond acceptors (Lipinski definition) is 4. The molecule has 1 aromatic carbocycles. The SMILES string of the molecule is C[C@@H]1[C@H](C)CCC[C@H]1NC(=S)NNC(=O)c1ccc(F)c([N+](=O)[O-])c1. The van der Waals surface area contributed by atoms with Crippen molar-refractivity contribution in [1.82, 2.24) is 16.2 Å². The van der Waals surface area contributed by atoms with Crippen LogP contribution in [0.5, 0.6) is 0 Å². The second kappa shape index (κ2) is 8.19. The van der Waals surface area contributed by atoms with Crippen LogP contribution in [0.15, 0.2) is 18.2 Å². The van der Waals surface area contributed by atoms with Crippen molar-refractivity contribution in [1.29, 1.82) is 0 Å².